The Kier molecular flexibility index (Phi) is 8.62. The summed E-state index contributed by atoms with van der Waals surface area (Å²) < 4.78 is 5.99. The smallest absolute Gasteiger partial charge is 0.272 e. The van der Waals surface area contributed by atoms with Crippen molar-refractivity contribution in [2.45, 2.75) is 70.6 Å². The third-order valence-corrected chi connectivity index (χ3v) is 7.45. The summed E-state index contributed by atoms with van der Waals surface area (Å²) in [4.78, 5) is 25.2. The zero-order valence-electron chi connectivity index (χ0n) is 21.5. The number of nitrogens with zero attached hydrogens (tertiary/aromatic N) is 3. The molecule has 37 heavy (non-hydrogen) atoms. The van der Waals surface area contributed by atoms with E-state index in [2.05, 4.69) is 16.7 Å². The van der Waals surface area contributed by atoms with Crippen LogP contribution in [-0.4, -0.2) is 53.6 Å². The van der Waals surface area contributed by atoms with Gasteiger partial charge in [-0.05, 0) is 88.3 Å². The lowest BCUT2D eigenvalue weighted by atomic mass is 9.92. The second-order valence-electron chi connectivity index (χ2n) is 10.1. The topological polar surface area (TPSA) is 121 Å². The molecule has 0 aromatic heterocycles. The third kappa shape index (κ3) is 6.98. The maximum absolute atomic E-state index is 12.7. The van der Waals surface area contributed by atoms with E-state index in [-0.39, 0.29) is 35.3 Å². The summed E-state index contributed by atoms with van der Waals surface area (Å²) in [6, 6.07) is 13.7. The van der Waals surface area contributed by atoms with E-state index in [1.54, 1.807) is 19.1 Å². The quantitative estimate of drug-likeness (QED) is 0.386. The van der Waals surface area contributed by atoms with Gasteiger partial charge >= 0.3 is 0 Å². The van der Waals surface area contributed by atoms with Crippen LogP contribution in [0, 0.1) is 35.3 Å². The third-order valence-electron chi connectivity index (χ3n) is 7.45. The number of nitrogens with one attached hydrogen (secondary N) is 2. The van der Waals surface area contributed by atoms with E-state index in [9.17, 15) is 14.9 Å². The molecule has 0 spiro atoms. The second kappa shape index (κ2) is 12.1. The number of nitriles is 1. The fourth-order valence-electron chi connectivity index (χ4n) is 5.23. The lowest BCUT2D eigenvalue weighted by Crippen LogP contribution is -2.44. The molecule has 9 heteroatoms. The molecule has 9 nitrogen and oxygen atoms in total. The van der Waals surface area contributed by atoms with Crippen molar-refractivity contribution in [2.24, 2.45) is 0 Å². The van der Waals surface area contributed by atoms with E-state index in [1.807, 2.05) is 30.0 Å². The van der Waals surface area contributed by atoms with Crippen molar-refractivity contribution in [3.8, 4) is 6.07 Å². The first-order valence-corrected chi connectivity index (χ1v) is 13.0. The van der Waals surface area contributed by atoms with E-state index in [0.717, 1.165) is 55.5 Å². The first kappa shape index (κ1) is 26.4. The molecule has 2 aromatic carbocycles. The average Bonchev–Trinajstić information content (AvgIpc) is 2.88. The van der Waals surface area contributed by atoms with Crippen molar-refractivity contribution in [3.63, 3.8) is 0 Å². The molecule has 1 aliphatic heterocycles. The Hall–Kier alpha value is -3.64. The fraction of sp³-hybridized carbons (Fsp3) is 0.500. The van der Waals surface area contributed by atoms with Gasteiger partial charge in [0.25, 0.3) is 5.69 Å². The Morgan fingerprint density at radius 3 is 2.16 bits per heavy atom. The van der Waals surface area contributed by atoms with Gasteiger partial charge in [0, 0.05) is 48.2 Å². The summed E-state index contributed by atoms with van der Waals surface area (Å²) in [7, 11) is 0. The molecule has 2 fully saturated rings. The van der Waals surface area contributed by atoms with Crippen LogP contribution in [0.25, 0.3) is 0 Å². The van der Waals surface area contributed by atoms with E-state index < -0.39 is 0 Å². The number of ether oxygens (including phenoxy) is 1. The molecule has 2 aliphatic rings. The zero-order valence-corrected chi connectivity index (χ0v) is 21.5. The van der Waals surface area contributed by atoms with Gasteiger partial charge < -0.3 is 20.3 Å². The van der Waals surface area contributed by atoms with Gasteiger partial charge in [0.2, 0.25) is 5.91 Å². The van der Waals surface area contributed by atoms with Crippen LogP contribution in [-0.2, 0) is 9.53 Å². The van der Waals surface area contributed by atoms with Gasteiger partial charge in [-0.25, -0.2) is 0 Å². The molecule has 2 aromatic rings. The number of carbonyl (C=O) groups excluding carboxylic acids is 1. The summed E-state index contributed by atoms with van der Waals surface area (Å²) in [5.41, 5.74) is 4.34. The minimum absolute atomic E-state index is 0.0398. The number of anilines is 2. The van der Waals surface area contributed by atoms with Gasteiger partial charge in [0.15, 0.2) is 0 Å². The number of hydrogen-bond acceptors (Lipinski definition) is 7. The van der Waals surface area contributed by atoms with Gasteiger partial charge in [0.1, 0.15) is 6.61 Å². The van der Waals surface area contributed by atoms with Gasteiger partial charge in [-0.1, -0.05) is 0 Å². The summed E-state index contributed by atoms with van der Waals surface area (Å²) in [6.07, 6.45) is 5.56. The number of carbonyl (C=O) groups is 1. The van der Waals surface area contributed by atoms with Crippen molar-refractivity contribution >= 4 is 23.0 Å². The van der Waals surface area contributed by atoms with E-state index >= 15 is 0 Å². The van der Waals surface area contributed by atoms with E-state index in [0.29, 0.717) is 30.3 Å². The van der Waals surface area contributed by atoms with Crippen LogP contribution in [0.15, 0.2) is 36.4 Å². The Balaban J connectivity index is 1.14. The Morgan fingerprint density at radius 1 is 1.00 bits per heavy atom. The largest absolute Gasteiger partial charge is 0.382 e. The van der Waals surface area contributed by atoms with Crippen LogP contribution in [0.3, 0.4) is 0 Å². The van der Waals surface area contributed by atoms with Gasteiger partial charge in [-0.2, -0.15) is 5.26 Å². The molecule has 0 unspecified atom stereocenters. The molecule has 0 atom stereocenters. The number of amides is 1. The van der Waals surface area contributed by atoms with E-state index in [4.69, 9.17) is 10.00 Å². The highest BCUT2D eigenvalue weighted by Crippen LogP contribution is 2.26. The van der Waals surface area contributed by atoms with Gasteiger partial charge in [-0.15, -0.1) is 0 Å². The van der Waals surface area contributed by atoms with Crippen LogP contribution in [0.4, 0.5) is 17.1 Å². The molecule has 4 rings (SSSR count). The molecule has 1 amide bonds. The van der Waals surface area contributed by atoms with Crippen molar-refractivity contribution in [3.05, 3.63) is 63.2 Å². The Bertz CT molecular complexity index is 1160. The normalized spacial score (nSPS) is 20.2. The highest BCUT2D eigenvalue weighted by Gasteiger charge is 2.26. The molecule has 0 bridgehead atoms. The molecular weight excluding hydrogens is 470 g/mol. The minimum Gasteiger partial charge on any atom is -0.382 e. The molecule has 1 saturated heterocycles. The number of benzene rings is 2. The van der Waals surface area contributed by atoms with Crippen molar-refractivity contribution in [2.75, 3.05) is 30.3 Å². The van der Waals surface area contributed by atoms with Gasteiger partial charge in [0.05, 0.1) is 22.7 Å². The maximum Gasteiger partial charge on any atom is 0.272 e. The monoisotopic (exact) mass is 505 g/mol. The Labute approximate surface area is 217 Å². The Morgan fingerprint density at radius 2 is 1.59 bits per heavy atom. The number of aryl methyl sites for hydroxylation is 2. The average molecular weight is 506 g/mol. The lowest BCUT2D eigenvalue weighted by molar-refractivity contribution is -0.385. The van der Waals surface area contributed by atoms with Crippen molar-refractivity contribution < 1.29 is 14.5 Å². The summed E-state index contributed by atoms with van der Waals surface area (Å²) in [6.45, 7) is 5.16. The molecular formula is C28H35N5O4. The predicted octanol–water partition coefficient (Wildman–Crippen LogP) is 4.93. The highest BCUT2D eigenvalue weighted by atomic mass is 16.6. The number of nitro benzene ring substituents is 1. The predicted molar refractivity (Wildman–Crippen MR) is 143 cm³/mol. The van der Waals surface area contributed by atoms with E-state index in [1.165, 1.54) is 6.07 Å². The summed E-state index contributed by atoms with van der Waals surface area (Å²) in [5, 5.41) is 27.1. The SMILES string of the molecule is Cc1cc(NC2CCC(OCC(=O)N3CCC(Nc4ccc([N+](=O)[O-])c(C)c4)CC3)CC2)ccc1C#N. The molecule has 1 aliphatic carbocycles. The summed E-state index contributed by atoms with van der Waals surface area (Å²) >= 11 is 0. The van der Waals surface area contributed by atoms with Crippen LogP contribution >= 0.6 is 0 Å². The number of piperidine rings is 1. The zero-order chi connectivity index (χ0) is 26.4. The van der Waals surface area contributed by atoms with Crippen LogP contribution < -0.4 is 10.6 Å². The van der Waals surface area contributed by atoms with Crippen molar-refractivity contribution in [1.29, 1.82) is 5.26 Å². The van der Waals surface area contributed by atoms with Crippen LogP contribution in [0.5, 0.6) is 0 Å². The first-order chi connectivity index (χ1) is 17.8. The minimum atomic E-state index is -0.369. The standard InChI is InChI=1S/C28H35N5O4/c1-19-15-24(4-3-21(19)17-29)30-22-5-8-26(9-6-22)37-18-28(34)32-13-11-23(12-14-32)31-25-7-10-27(33(35)36)20(2)16-25/h3-4,7,10,15-16,22-23,26,30-31H,5-6,8-9,11-14,18H2,1-2H3. The molecule has 2 N–H and O–H groups in total. The number of rotatable bonds is 8. The highest BCUT2D eigenvalue weighted by molar-refractivity contribution is 5.77. The van der Waals surface area contributed by atoms with Crippen LogP contribution in [0.2, 0.25) is 0 Å². The molecule has 1 saturated carbocycles. The number of nitro groups is 1. The first-order valence-electron chi connectivity index (χ1n) is 13.0. The van der Waals surface area contributed by atoms with Gasteiger partial charge in [-0.3, -0.25) is 14.9 Å². The second-order valence-corrected chi connectivity index (χ2v) is 10.1. The fourth-order valence-corrected chi connectivity index (χ4v) is 5.23. The maximum atomic E-state index is 12.7. The molecule has 1 heterocycles. The number of hydrogen-bond donors (Lipinski definition) is 2. The molecule has 196 valence electrons. The summed E-state index contributed by atoms with van der Waals surface area (Å²) in [5.74, 6) is 0.0398. The van der Waals surface area contributed by atoms with Crippen molar-refractivity contribution in [1.82, 2.24) is 4.90 Å². The number of likely N-dealkylation sites (tertiary alicyclic amines) is 1. The van der Waals surface area contributed by atoms with Crippen LogP contribution in [0.1, 0.15) is 55.2 Å². The lowest BCUT2D eigenvalue weighted by Gasteiger charge is -2.34. The molecule has 0 radical (unpaired) electrons.